The number of nitrogens with zero attached hydrogens (tertiary/aromatic N) is 11. The number of aryl methyl sites for hydroxylation is 2. The highest BCUT2D eigenvalue weighted by Crippen LogP contribution is 2.42. The molecule has 89 heavy (non-hydrogen) atoms. The Labute approximate surface area is 519 Å². The lowest BCUT2D eigenvalue weighted by molar-refractivity contribution is -0.141. The van der Waals surface area contributed by atoms with Gasteiger partial charge < -0.3 is 44.2 Å². The van der Waals surface area contributed by atoms with Crippen molar-refractivity contribution < 1.29 is 43.0 Å². The number of carbonyl (C=O) groups is 3. The van der Waals surface area contributed by atoms with Gasteiger partial charge in [-0.15, -0.1) is 0 Å². The lowest BCUT2D eigenvalue weighted by Crippen LogP contribution is -2.57. The minimum Gasteiger partial charge on any atom is -0.508 e. The number of ether oxygens (including phenoxy) is 2. The van der Waals surface area contributed by atoms with Crippen molar-refractivity contribution in [3.8, 4) is 34.3 Å². The van der Waals surface area contributed by atoms with E-state index in [1.165, 1.54) is 4.90 Å². The highest BCUT2D eigenvalue weighted by Gasteiger charge is 2.46. The first kappa shape index (κ1) is 61.3. The van der Waals surface area contributed by atoms with Gasteiger partial charge in [0.25, 0.3) is 0 Å². The van der Waals surface area contributed by atoms with Crippen molar-refractivity contribution >= 4 is 51.2 Å². The van der Waals surface area contributed by atoms with Crippen molar-refractivity contribution in [3.05, 3.63) is 102 Å². The number of amides is 3. The van der Waals surface area contributed by atoms with Crippen LogP contribution in [0.4, 0.5) is 20.8 Å². The molecule has 5 aliphatic rings. The van der Waals surface area contributed by atoms with Crippen LogP contribution < -0.4 is 19.9 Å². The number of carbonyl (C=O) groups excluding carboxylic acids is 3. The van der Waals surface area contributed by atoms with Crippen LogP contribution in [-0.2, 0) is 27.8 Å². The number of fused-ring (bicyclic) bond motifs is 4. The number of phenols is 1. The molecule has 2 bridgehead atoms. The molecule has 0 spiro atoms. The number of hydrogen-bond acceptors (Lipinski definition) is 16. The Hall–Kier alpha value is -7.91. The number of aliphatic hydroxyl groups is 1. The fraction of sp³-hybridized carbons (Fsp3) is 0.529. The number of piperidine rings is 2. The zero-order valence-electron chi connectivity index (χ0n) is 52.6. The van der Waals surface area contributed by atoms with E-state index in [4.69, 9.17) is 28.9 Å². The number of aromatic hydroxyl groups is 1. The fourth-order valence-electron chi connectivity index (χ4n) is 14.5. The third kappa shape index (κ3) is 13.0. The van der Waals surface area contributed by atoms with Crippen molar-refractivity contribution in [2.75, 3.05) is 68.8 Å². The molecule has 0 saturated carbocycles. The van der Waals surface area contributed by atoms with Gasteiger partial charge in [0.05, 0.1) is 35.3 Å². The number of phenolic OH excluding ortho intramolecular Hbond substituents is 1. The molecule has 0 radical (unpaired) electrons. The number of aromatic nitrogens is 6. The summed E-state index contributed by atoms with van der Waals surface area (Å²) in [7, 11) is 1.90. The molecular formula is C68H85FN12O8. The molecule has 7 aromatic rings. The van der Waals surface area contributed by atoms with E-state index >= 15 is 4.39 Å². The maximum Gasteiger partial charge on any atom is 0.410 e. The average Bonchev–Trinajstić information content (AvgIpc) is 1.65. The van der Waals surface area contributed by atoms with E-state index < -0.39 is 29.5 Å². The van der Waals surface area contributed by atoms with Gasteiger partial charge in [0, 0.05) is 76.8 Å². The standard InChI is InChI=1S/C68H85FN12O8/c1-9-44-11-10-12-47-32-50(82)33-52(59(44)47)61-60(69)62-53(36-70-61)63(79-37-48-17-18-49(38-79)81(48)67(86)88-68(5,6)7)74-66(73-62)87-30-29-77-25-20-42(21-26-77)31-43-22-27-78(28-23-43)57-35-56(89-75-57)58(40(2)3)65(85)80-39-51(83)34-55(80)64(84)72-41(4)45-13-15-46(16-14-45)54-19-24-71-76(54)8/h10-16,19,24,32-33,35-36,40-43,48-49,51,55,58,82-83H,9,17-18,20-23,25-31,34,37-39H2,1-8H3,(H,72,84)/t41-,48?,49?,51+,55-,58+/m0/s1. The molecule has 0 aliphatic carbocycles. The molecular weight excluding hydrogens is 1130 g/mol. The van der Waals surface area contributed by atoms with Crippen LogP contribution in [0, 0.1) is 23.6 Å². The smallest absolute Gasteiger partial charge is 0.410 e. The highest BCUT2D eigenvalue weighted by molar-refractivity contribution is 6.02. The highest BCUT2D eigenvalue weighted by atomic mass is 19.1. The summed E-state index contributed by atoms with van der Waals surface area (Å²) in [6.07, 6.45) is 10.1. The van der Waals surface area contributed by atoms with Gasteiger partial charge in [-0.05, 0) is 156 Å². The lowest BCUT2D eigenvalue weighted by atomic mass is 9.83. The number of β-amino-alcohol motifs (C(OH)–C–C–N with tert-alkyl or cyclic N) is 1. The number of rotatable bonds is 17. The molecule has 472 valence electrons. The van der Waals surface area contributed by atoms with Crippen molar-refractivity contribution in [2.45, 2.75) is 148 Å². The molecule has 9 heterocycles. The van der Waals surface area contributed by atoms with Crippen LogP contribution in [0.15, 0.2) is 83.6 Å². The number of piperazine rings is 1. The number of aliphatic hydroxyl groups excluding tert-OH is 1. The molecule has 3 N–H and O–H groups in total. The van der Waals surface area contributed by atoms with Gasteiger partial charge in [-0.1, -0.05) is 68.4 Å². The Morgan fingerprint density at radius 1 is 0.876 bits per heavy atom. The first-order chi connectivity index (χ1) is 42.8. The monoisotopic (exact) mass is 1220 g/mol. The maximum atomic E-state index is 17.4. The van der Waals surface area contributed by atoms with Crippen LogP contribution in [0.1, 0.15) is 129 Å². The van der Waals surface area contributed by atoms with Crippen molar-refractivity contribution in [1.29, 1.82) is 0 Å². The second-order valence-corrected chi connectivity index (χ2v) is 26.7. The second kappa shape index (κ2) is 25.5. The van der Waals surface area contributed by atoms with Crippen LogP contribution in [-0.4, -0.2) is 162 Å². The van der Waals surface area contributed by atoms with Crippen LogP contribution >= 0.6 is 0 Å². The largest absolute Gasteiger partial charge is 0.508 e. The first-order valence-corrected chi connectivity index (χ1v) is 32.1. The lowest BCUT2D eigenvalue weighted by Gasteiger charge is -2.42. The summed E-state index contributed by atoms with van der Waals surface area (Å²) in [6.45, 7) is 19.0. The molecule has 5 aliphatic heterocycles. The minimum absolute atomic E-state index is 0.0116. The summed E-state index contributed by atoms with van der Waals surface area (Å²) in [5.74, 6) is 0.823. The van der Waals surface area contributed by atoms with Crippen LogP contribution in [0.5, 0.6) is 11.8 Å². The Bertz CT molecular complexity index is 3690. The van der Waals surface area contributed by atoms with Gasteiger partial charge in [-0.3, -0.25) is 29.1 Å². The summed E-state index contributed by atoms with van der Waals surface area (Å²) in [6, 6.07) is 19.6. The van der Waals surface area contributed by atoms with Crippen LogP contribution in [0.25, 0.3) is 44.2 Å². The summed E-state index contributed by atoms with van der Waals surface area (Å²) in [4.78, 5) is 66.5. The number of pyridine rings is 1. The van der Waals surface area contributed by atoms with Gasteiger partial charge in [0.1, 0.15) is 46.9 Å². The quantitative estimate of drug-likeness (QED) is 0.0772. The molecule has 5 saturated heterocycles. The van der Waals surface area contributed by atoms with E-state index in [-0.39, 0.29) is 77.9 Å². The number of anilines is 2. The third-order valence-corrected chi connectivity index (χ3v) is 19.2. The van der Waals surface area contributed by atoms with Gasteiger partial charge in [0.2, 0.25) is 11.8 Å². The number of hydrogen-bond donors (Lipinski definition) is 3. The minimum atomic E-state index is -0.829. The van der Waals surface area contributed by atoms with Gasteiger partial charge in [-0.2, -0.15) is 15.1 Å². The number of likely N-dealkylation sites (tertiary alicyclic amines) is 2. The average molecular weight is 1220 g/mol. The predicted octanol–water partition coefficient (Wildman–Crippen LogP) is 10.2. The number of nitrogens with one attached hydrogen (secondary N) is 1. The van der Waals surface area contributed by atoms with E-state index in [0.29, 0.717) is 72.8 Å². The Morgan fingerprint density at radius 3 is 2.27 bits per heavy atom. The summed E-state index contributed by atoms with van der Waals surface area (Å²) in [5.41, 5.74) is 3.94. The van der Waals surface area contributed by atoms with E-state index in [2.05, 4.69) is 30.3 Å². The topological polar surface area (TPSA) is 221 Å². The molecule has 2 unspecified atom stereocenters. The van der Waals surface area contributed by atoms with Crippen molar-refractivity contribution in [3.63, 3.8) is 0 Å². The van der Waals surface area contributed by atoms with E-state index in [9.17, 15) is 24.6 Å². The summed E-state index contributed by atoms with van der Waals surface area (Å²) < 4.78 is 37.4. The molecule has 3 amide bonds. The van der Waals surface area contributed by atoms with Gasteiger partial charge in [0.15, 0.2) is 17.4 Å². The first-order valence-electron chi connectivity index (χ1n) is 32.1. The predicted molar refractivity (Wildman–Crippen MR) is 338 cm³/mol. The fourth-order valence-corrected chi connectivity index (χ4v) is 14.5. The molecule has 6 atom stereocenters. The Balaban J connectivity index is 0.650. The molecule has 5 fully saturated rings. The molecule has 4 aromatic heterocycles. The molecule has 12 rings (SSSR count). The maximum absolute atomic E-state index is 17.4. The third-order valence-electron chi connectivity index (χ3n) is 19.2. The number of benzene rings is 3. The van der Waals surface area contributed by atoms with E-state index in [1.54, 1.807) is 24.5 Å². The summed E-state index contributed by atoms with van der Waals surface area (Å²) >= 11 is 0. The normalized spacial score (nSPS) is 21.1. The van der Waals surface area contributed by atoms with E-state index in [0.717, 1.165) is 104 Å². The van der Waals surface area contributed by atoms with Crippen LogP contribution in [0.2, 0.25) is 0 Å². The van der Waals surface area contributed by atoms with Gasteiger partial charge in [-0.25, -0.2) is 9.18 Å². The van der Waals surface area contributed by atoms with Crippen molar-refractivity contribution in [2.24, 2.45) is 24.8 Å². The Kier molecular flexibility index (Phi) is 17.6. The molecule has 21 heteroatoms. The Morgan fingerprint density at radius 2 is 1.60 bits per heavy atom. The van der Waals surface area contributed by atoms with E-state index in [1.807, 2.05) is 120 Å². The van der Waals surface area contributed by atoms with Crippen molar-refractivity contribution in [1.82, 2.24) is 49.9 Å². The second-order valence-electron chi connectivity index (χ2n) is 26.7. The SMILES string of the molecule is CCc1cccc2cc(O)cc(-c3ncc4c(N5CC6CCC(C5)N6C(=O)OC(C)(C)C)nc(OCCN5CCC(CC6CCN(c7cc([C@H](C(=O)N8C[C@H](O)C[C@H]8C(=O)N[C@@H](C)c8ccc(-c9ccnn9C)cc8)C(C)C)on7)CC6)CC5)nc4c3F)c12. The number of halogens is 1. The zero-order chi connectivity index (χ0) is 62.4. The molecule has 3 aromatic carbocycles. The zero-order valence-corrected chi connectivity index (χ0v) is 52.6. The summed E-state index contributed by atoms with van der Waals surface area (Å²) in [5, 5.41) is 35.6. The molecule has 20 nitrogen and oxygen atoms in total. The van der Waals surface area contributed by atoms with Gasteiger partial charge >= 0.3 is 12.1 Å². The van der Waals surface area contributed by atoms with Crippen LogP contribution in [0.3, 0.4) is 0 Å².